The van der Waals surface area contributed by atoms with Gasteiger partial charge in [-0.3, -0.25) is 0 Å². The van der Waals surface area contributed by atoms with Crippen LogP contribution in [0.25, 0.3) is 0 Å². The van der Waals surface area contributed by atoms with Crippen LogP contribution < -0.4 is 19.5 Å². The van der Waals surface area contributed by atoms with Crippen molar-refractivity contribution in [2.75, 3.05) is 20.3 Å². The third-order valence-electron chi connectivity index (χ3n) is 4.32. The van der Waals surface area contributed by atoms with E-state index in [1.807, 2.05) is 54.6 Å². The van der Waals surface area contributed by atoms with Crippen LogP contribution in [0.1, 0.15) is 17.5 Å². The van der Waals surface area contributed by atoms with Crippen LogP contribution >= 0.6 is 27.5 Å². The molecule has 3 rings (SSSR count). The zero-order chi connectivity index (χ0) is 21.2. The molecule has 1 heterocycles. The number of pyridine rings is 1. The fourth-order valence-corrected chi connectivity index (χ4v) is 3.48. The highest BCUT2D eigenvalue weighted by atomic mass is 79.9. The Kier molecular flexibility index (Phi) is 8.81. The van der Waals surface area contributed by atoms with Gasteiger partial charge in [0.05, 0.1) is 13.7 Å². The van der Waals surface area contributed by atoms with E-state index in [0.29, 0.717) is 42.2 Å². The van der Waals surface area contributed by atoms with Gasteiger partial charge in [0.2, 0.25) is 5.88 Å². The SMILES string of the molecule is COc1cc(CNCCCOc2ccccn2)c(Br)cc1OCc1cccc(Cl)c1. The maximum atomic E-state index is 6.04. The molecule has 2 aromatic carbocycles. The Bertz CT molecular complexity index is 941. The quantitative estimate of drug-likeness (QED) is 0.352. The highest BCUT2D eigenvalue weighted by Crippen LogP contribution is 2.34. The maximum Gasteiger partial charge on any atom is 0.213 e. The molecular weight excluding hydrogens is 468 g/mol. The van der Waals surface area contributed by atoms with Crippen molar-refractivity contribution in [3.63, 3.8) is 0 Å². The van der Waals surface area contributed by atoms with Crippen LogP contribution in [0.4, 0.5) is 0 Å². The number of aromatic nitrogens is 1. The molecule has 7 heteroatoms. The maximum absolute atomic E-state index is 6.04. The fourth-order valence-electron chi connectivity index (χ4n) is 2.80. The van der Waals surface area contributed by atoms with Gasteiger partial charge in [0.25, 0.3) is 0 Å². The lowest BCUT2D eigenvalue weighted by Crippen LogP contribution is -2.17. The average molecular weight is 492 g/mol. The molecule has 0 saturated heterocycles. The molecule has 0 bridgehead atoms. The lowest BCUT2D eigenvalue weighted by Gasteiger charge is -2.15. The van der Waals surface area contributed by atoms with E-state index >= 15 is 0 Å². The molecule has 3 aromatic rings. The van der Waals surface area contributed by atoms with Crippen molar-refractivity contribution in [3.8, 4) is 17.4 Å². The predicted octanol–water partition coefficient (Wildman–Crippen LogP) is 5.64. The van der Waals surface area contributed by atoms with E-state index in [1.165, 1.54) is 0 Å². The monoisotopic (exact) mass is 490 g/mol. The van der Waals surface area contributed by atoms with Gasteiger partial charge in [-0.2, -0.15) is 0 Å². The molecule has 0 aliphatic carbocycles. The zero-order valence-electron chi connectivity index (χ0n) is 16.7. The minimum absolute atomic E-state index is 0.414. The topological polar surface area (TPSA) is 52.6 Å². The molecule has 5 nitrogen and oxygen atoms in total. The summed E-state index contributed by atoms with van der Waals surface area (Å²) in [7, 11) is 1.64. The lowest BCUT2D eigenvalue weighted by atomic mass is 10.2. The molecular formula is C23H24BrClN2O3. The summed E-state index contributed by atoms with van der Waals surface area (Å²) >= 11 is 9.67. The van der Waals surface area contributed by atoms with Crippen LogP contribution in [-0.4, -0.2) is 25.2 Å². The highest BCUT2D eigenvalue weighted by molar-refractivity contribution is 9.10. The molecule has 0 aliphatic heterocycles. The lowest BCUT2D eigenvalue weighted by molar-refractivity contribution is 0.284. The molecule has 158 valence electrons. The van der Waals surface area contributed by atoms with Gasteiger partial charge < -0.3 is 19.5 Å². The van der Waals surface area contributed by atoms with Crippen LogP contribution in [0.3, 0.4) is 0 Å². The first kappa shape index (κ1) is 22.4. The van der Waals surface area contributed by atoms with Crippen LogP contribution in [0.2, 0.25) is 5.02 Å². The van der Waals surface area contributed by atoms with E-state index in [-0.39, 0.29) is 0 Å². The second kappa shape index (κ2) is 11.8. The second-order valence-corrected chi connectivity index (χ2v) is 7.85. The van der Waals surface area contributed by atoms with Crippen molar-refractivity contribution in [2.24, 2.45) is 0 Å². The summed E-state index contributed by atoms with van der Waals surface area (Å²) in [5, 5.41) is 4.11. The predicted molar refractivity (Wildman–Crippen MR) is 123 cm³/mol. The largest absolute Gasteiger partial charge is 0.493 e. The molecule has 0 aliphatic rings. The number of halogens is 2. The number of nitrogens with one attached hydrogen (secondary N) is 1. The molecule has 30 heavy (non-hydrogen) atoms. The van der Waals surface area contributed by atoms with Gasteiger partial charge in [0.15, 0.2) is 11.5 Å². The van der Waals surface area contributed by atoms with E-state index in [4.69, 9.17) is 25.8 Å². The average Bonchev–Trinajstić information content (AvgIpc) is 2.76. The number of hydrogen-bond acceptors (Lipinski definition) is 5. The van der Waals surface area contributed by atoms with Gasteiger partial charge in [-0.15, -0.1) is 0 Å². The molecule has 0 fully saturated rings. The molecule has 0 unspecified atom stereocenters. The van der Waals surface area contributed by atoms with Gasteiger partial charge in [0, 0.05) is 28.3 Å². The normalized spacial score (nSPS) is 10.6. The van der Waals surface area contributed by atoms with Gasteiger partial charge in [0.1, 0.15) is 6.61 Å². The third-order valence-corrected chi connectivity index (χ3v) is 5.29. The number of methoxy groups -OCH3 is 1. The first-order chi connectivity index (χ1) is 14.7. The zero-order valence-corrected chi connectivity index (χ0v) is 19.1. The van der Waals surface area contributed by atoms with E-state index in [2.05, 4.69) is 26.2 Å². The summed E-state index contributed by atoms with van der Waals surface area (Å²) < 4.78 is 18.0. The molecule has 0 spiro atoms. The van der Waals surface area contributed by atoms with Crippen molar-refractivity contribution < 1.29 is 14.2 Å². The van der Waals surface area contributed by atoms with E-state index in [1.54, 1.807) is 13.3 Å². The van der Waals surface area contributed by atoms with Gasteiger partial charge in [-0.1, -0.05) is 45.7 Å². The minimum atomic E-state index is 0.414. The molecule has 1 aromatic heterocycles. The Morgan fingerprint density at radius 1 is 1.03 bits per heavy atom. The first-order valence-electron chi connectivity index (χ1n) is 9.64. The summed E-state index contributed by atoms with van der Waals surface area (Å²) in [6.45, 7) is 2.56. The first-order valence-corrected chi connectivity index (χ1v) is 10.8. The molecule has 0 radical (unpaired) electrons. The third kappa shape index (κ3) is 6.90. The van der Waals surface area contributed by atoms with E-state index < -0.39 is 0 Å². The molecule has 0 atom stereocenters. The number of nitrogens with zero attached hydrogens (tertiary/aromatic N) is 1. The smallest absolute Gasteiger partial charge is 0.213 e. The van der Waals surface area contributed by atoms with Gasteiger partial charge in [-0.25, -0.2) is 4.98 Å². The summed E-state index contributed by atoms with van der Waals surface area (Å²) in [4.78, 5) is 4.14. The van der Waals surface area contributed by atoms with Crippen molar-refractivity contribution in [1.29, 1.82) is 0 Å². The Morgan fingerprint density at radius 3 is 2.70 bits per heavy atom. The van der Waals surface area contributed by atoms with Crippen LogP contribution in [0.15, 0.2) is 65.3 Å². The summed E-state index contributed by atoms with van der Waals surface area (Å²) in [6.07, 6.45) is 2.60. The fraction of sp³-hybridized carbons (Fsp3) is 0.261. The Morgan fingerprint density at radius 2 is 1.93 bits per heavy atom. The number of hydrogen-bond donors (Lipinski definition) is 1. The standard InChI is InChI=1S/C23H24BrClN2O3/c1-28-21-13-18(15-26-9-5-11-29-23-8-2-3-10-27-23)20(24)14-22(21)30-16-17-6-4-7-19(25)12-17/h2-4,6-8,10,12-14,26H,5,9,11,15-16H2,1H3. The highest BCUT2D eigenvalue weighted by Gasteiger charge is 2.11. The van der Waals surface area contributed by atoms with E-state index in [9.17, 15) is 0 Å². The summed E-state index contributed by atoms with van der Waals surface area (Å²) in [5.41, 5.74) is 2.09. The Balaban J connectivity index is 1.48. The molecule has 0 saturated carbocycles. The van der Waals surface area contributed by atoms with Gasteiger partial charge >= 0.3 is 0 Å². The van der Waals surface area contributed by atoms with Crippen LogP contribution in [0.5, 0.6) is 17.4 Å². The number of rotatable bonds is 11. The van der Waals surface area contributed by atoms with Crippen LogP contribution in [-0.2, 0) is 13.2 Å². The number of ether oxygens (including phenoxy) is 3. The summed E-state index contributed by atoms with van der Waals surface area (Å²) in [6, 6.07) is 17.2. The Labute approximate surface area is 190 Å². The minimum Gasteiger partial charge on any atom is -0.493 e. The number of benzene rings is 2. The van der Waals surface area contributed by atoms with E-state index in [0.717, 1.165) is 28.6 Å². The van der Waals surface area contributed by atoms with Crippen LogP contribution in [0, 0.1) is 0 Å². The van der Waals surface area contributed by atoms with Gasteiger partial charge in [-0.05, 0) is 54.4 Å². The second-order valence-electron chi connectivity index (χ2n) is 6.56. The van der Waals surface area contributed by atoms with Crippen molar-refractivity contribution >= 4 is 27.5 Å². The Hall–Kier alpha value is -2.28. The van der Waals surface area contributed by atoms with Crippen molar-refractivity contribution in [2.45, 2.75) is 19.6 Å². The van der Waals surface area contributed by atoms with Crippen molar-refractivity contribution in [1.82, 2.24) is 10.3 Å². The summed E-state index contributed by atoms with van der Waals surface area (Å²) in [5.74, 6) is 2.02. The molecule has 0 amide bonds. The van der Waals surface area contributed by atoms with Crippen molar-refractivity contribution in [3.05, 3.63) is 81.4 Å². The molecule has 1 N–H and O–H groups in total.